The Labute approximate surface area is 243 Å². The van der Waals surface area contributed by atoms with Crippen molar-refractivity contribution in [2.75, 3.05) is 13.1 Å². The molecular weight excluding hydrogens is 546 g/mol. The number of halogens is 1. The van der Waals surface area contributed by atoms with Gasteiger partial charge in [0.25, 0.3) is 0 Å². The molecule has 0 aliphatic heterocycles. The van der Waals surface area contributed by atoms with Crippen LogP contribution in [0.25, 0.3) is 22.5 Å². The van der Waals surface area contributed by atoms with Crippen LogP contribution in [-0.2, 0) is 22.4 Å². The molecule has 1 atom stereocenters. The Morgan fingerprint density at radius 3 is 2.37 bits per heavy atom. The molecule has 0 bridgehead atoms. The molecule has 4 rings (SSSR count). The summed E-state index contributed by atoms with van der Waals surface area (Å²) in [6.45, 7) is 8.59. The third-order valence-electron chi connectivity index (χ3n) is 6.63. The maximum Gasteiger partial charge on any atom is 0.412 e. The molecule has 0 spiro atoms. The minimum atomic E-state index is -1.10. The van der Waals surface area contributed by atoms with Crippen LogP contribution in [0.3, 0.4) is 0 Å². The second-order valence-electron chi connectivity index (χ2n) is 9.36. The molecule has 2 aromatic carbocycles. The van der Waals surface area contributed by atoms with Crippen molar-refractivity contribution >= 4 is 23.7 Å². The van der Waals surface area contributed by atoms with E-state index < -0.39 is 18.4 Å². The minimum Gasteiger partial charge on any atom is -0.421 e. The zero-order valence-electron chi connectivity index (χ0n) is 23.6. The highest BCUT2D eigenvalue weighted by molar-refractivity contribution is 6.32. The van der Waals surface area contributed by atoms with Gasteiger partial charge in [0, 0.05) is 38.5 Å². The first kappa shape index (κ1) is 29.7. The smallest absolute Gasteiger partial charge is 0.412 e. The van der Waals surface area contributed by atoms with Gasteiger partial charge >= 0.3 is 12.1 Å². The third kappa shape index (κ3) is 7.10. The van der Waals surface area contributed by atoms with Gasteiger partial charge in [0.05, 0.1) is 0 Å². The number of tetrazole rings is 1. The number of imidazole rings is 1. The van der Waals surface area contributed by atoms with Crippen LogP contribution in [0.1, 0.15) is 62.4 Å². The Bertz CT molecular complexity index is 1450. The zero-order chi connectivity index (χ0) is 29.4. The molecule has 41 heavy (non-hydrogen) atoms. The van der Waals surface area contributed by atoms with Crippen molar-refractivity contribution in [2.45, 2.75) is 59.8 Å². The van der Waals surface area contributed by atoms with Crippen molar-refractivity contribution in [3.63, 3.8) is 0 Å². The van der Waals surface area contributed by atoms with Gasteiger partial charge in [0.15, 0.2) is 10.8 Å². The predicted octanol–water partition coefficient (Wildman–Crippen LogP) is 5.76. The molecule has 0 radical (unpaired) electrons. The first-order valence-corrected chi connectivity index (χ1v) is 14.1. The second kappa shape index (κ2) is 13.9. The number of aromatic nitrogens is 6. The van der Waals surface area contributed by atoms with E-state index in [9.17, 15) is 9.59 Å². The van der Waals surface area contributed by atoms with Crippen molar-refractivity contribution in [1.29, 1.82) is 0 Å². The Hall–Kier alpha value is -4.25. The van der Waals surface area contributed by atoms with Gasteiger partial charge in [-0.05, 0) is 42.2 Å². The van der Waals surface area contributed by atoms with E-state index in [2.05, 4.69) is 32.5 Å². The fourth-order valence-corrected chi connectivity index (χ4v) is 4.74. The van der Waals surface area contributed by atoms with Gasteiger partial charge in [-0.25, -0.2) is 14.6 Å². The predicted molar refractivity (Wildman–Crippen MR) is 154 cm³/mol. The number of amides is 1. The van der Waals surface area contributed by atoms with E-state index in [1.165, 1.54) is 11.8 Å². The first-order valence-electron chi connectivity index (χ1n) is 13.7. The Morgan fingerprint density at radius 2 is 1.73 bits per heavy atom. The fraction of sp³-hybridized carbons (Fsp3) is 0.379. The van der Waals surface area contributed by atoms with Crippen molar-refractivity contribution in [1.82, 2.24) is 35.1 Å². The number of aromatic amines is 1. The monoisotopic (exact) mass is 579 g/mol. The summed E-state index contributed by atoms with van der Waals surface area (Å²) in [5, 5.41) is 14.5. The lowest BCUT2D eigenvalue weighted by Crippen LogP contribution is -2.34. The van der Waals surface area contributed by atoms with Gasteiger partial charge in [-0.1, -0.05) is 73.5 Å². The number of hydrogen-bond donors (Lipinski definition) is 1. The summed E-state index contributed by atoms with van der Waals surface area (Å²) in [6.07, 6.45) is 0.821. The zero-order valence-corrected chi connectivity index (χ0v) is 24.4. The van der Waals surface area contributed by atoms with Gasteiger partial charge < -0.3 is 18.9 Å². The quantitative estimate of drug-likeness (QED) is 0.166. The molecule has 1 unspecified atom stereocenters. The van der Waals surface area contributed by atoms with Crippen LogP contribution in [-0.4, -0.2) is 66.5 Å². The maximum atomic E-state index is 13.3. The highest BCUT2D eigenvalue weighted by Crippen LogP contribution is 2.30. The number of benzene rings is 2. The molecule has 2 heterocycles. The first-order chi connectivity index (χ1) is 19.9. The lowest BCUT2D eigenvalue weighted by Gasteiger charge is -2.21. The summed E-state index contributed by atoms with van der Waals surface area (Å²) in [6, 6.07) is 15.8. The summed E-state index contributed by atoms with van der Waals surface area (Å²) < 4.78 is 12.6. The number of hydrogen-bond acceptors (Lipinski definition) is 8. The van der Waals surface area contributed by atoms with Crippen LogP contribution in [0, 0.1) is 0 Å². The summed E-state index contributed by atoms with van der Waals surface area (Å²) in [7, 11) is 0. The maximum absolute atomic E-state index is 13.3. The molecule has 216 valence electrons. The second-order valence-corrected chi connectivity index (χ2v) is 9.72. The molecular formula is C29H34ClN7O4. The highest BCUT2D eigenvalue weighted by Gasteiger charge is 2.26. The van der Waals surface area contributed by atoms with Crippen LogP contribution in [0.5, 0.6) is 0 Å². The van der Waals surface area contributed by atoms with Gasteiger partial charge in [-0.3, -0.25) is 0 Å². The third-order valence-corrected chi connectivity index (χ3v) is 6.90. The average Bonchev–Trinajstić information content (AvgIpc) is 3.61. The van der Waals surface area contributed by atoms with Crippen molar-refractivity contribution in [3.05, 3.63) is 70.8 Å². The molecule has 12 heteroatoms. The number of carbonyl (C=O) groups is 2. The number of nitrogens with one attached hydrogen (secondary N) is 1. The summed E-state index contributed by atoms with van der Waals surface area (Å²) in [4.78, 5) is 31.5. The number of H-pyrrole nitrogens is 1. The number of nitrogens with zero attached hydrogens (tertiary/aromatic N) is 6. The lowest BCUT2D eigenvalue weighted by molar-refractivity contribution is -0.0692. The fourth-order valence-electron chi connectivity index (χ4n) is 4.46. The summed E-state index contributed by atoms with van der Waals surface area (Å²) in [5.41, 5.74) is 3.86. The van der Waals surface area contributed by atoms with Gasteiger partial charge in [0.2, 0.25) is 12.1 Å². The molecule has 11 nitrogen and oxygen atoms in total. The number of rotatable bonds is 12. The van der Waals surface area contributed by atoms with Gasteiger partial charge in [-0.15, -0.1) is 10.2 Å². The molecule has 2 aromatic heterocycles. The van der Waals surface area contributed by atoms with E-state index in [0.29, 0.717) is 37.7 Å². The molecule has 0 fully saturated rings. The summed E-state index contributed by atoms with van der Waals surface area (Å²) >= 11 is 6.48. The van der Waals surface area contributed by atoms with E-state index in [0.717, 1.165) is 35.1 Å². The number of unbranched alkanes of at least 4 members (excludes halogenated alkanes) is 1. The van der Waals surface area contributed by atoms with Gasteiger partial charge in [-0.2, -0.15) is 5.21 Å². The number of esters is 1. The van der Waals surface area contributed by atoms with Crippen LogP contribution in [0.4, 0.5) is 4.79 Å². The van der Waals surface area contributed by atoms with Crippen LogP contribution in [0.15, 0.2) is 48.5 Å². The standard InChI is InChI=1S/C29H34ClN7O4/c1-5-8-13-24-31-26(30)25(28(38)40-19(4)41-29(39)36(6-2)7-3)37(24)18-20-14-16-21(17-15-20)22-11-9-10-12-23(22)27-32-34-35-33-27/h9-12,14-17,19H,5-8,13,18H2,1-4H3,(H,32,33,34,35). The van der Waals surface area contributed by atoms with E-state index in [4.69, 9.17) is 21.1 Å². The molecule has 0 saturated carbocycles. The molecule has 1 amide bonds. The average molecular weight is 580 g/mol. The van der Waals surface area contributed by atoms with Crippen LogP contribution in [0.2, 0.25) is 5.15 Å². The molecule has 0 aliphatic carbocycles. The van der Waals surface area contributed by atoms with Crippen molar-refractivity contribution < 1.29 is 19.1 Å². The molecule has 1 N–H and O–H groups in total. The minimum absolute atomic E-state index is 0.0500. The Kier molecular flexibility index (Phi) is 10.1. The van der Waals surface area contributed by atoms with Crippen LogP contribution < -0.4 is 0 Å². The van der Waals surface area contributed by atoms with Crippen molar-refractivity contribution in [2.24, 2.45) is 0 Å². The van der Waals surface area contributed by atoms with E-state index >= 15 is 0 Å². The Balaban J connectivity index is 1.57. The highest BCUT2D eigenvalue weighted by atomic mass is 35.5. The Morgan fingerprint density at radius 1 is 1.02 bits per heavy atom. The normalized spacial score (nSPS) is 11.7. The number of carbonyl (C=O) groups excluding carboxylic acids is 2. The summed E-state index contributed by atoms with van der Waals surface area (Å²) in [5.74, 6) is 0.484. The molecule has 0 aliphatic rings. The van der Waals surface area contributed by atoms with Gasteiger partial charge in [0.1, 0.15) is 5.82 Å². The number of ether oxygens (including phenoxy) is 2. The largest absolute Gasteiger partial charge is 0.421 e. The molecule has 0 saturated heterocycles. The van der Waals surface area contributed by atoms with Crippen LogP contribution >= 0.6 is 11.6 Å². The van der Waals surface area contributed by atoms with Crippen molar-refractivity contribution in [3.8, 4) is 22.5 Å². The van der Waals surface area contributed by atoms with E-state index in [1.54, 1.807) is 4.57 Å². The number of aryl methyl sites for hydroxylation is 1. The van der Waals surface area contributed by atoms with E-state index in [-0.39, 0.29) is 10.8 Å². The SMILES string of the molecule is CCCCc1nc(Cl)c(C(=O)OC(C)OC(=O)N(CC)CC)n1Cc1ccc(-c2ccccc2-c2nn[nH]n2)cc1. The lowest BCUT2D eigenvalue weighted by atomic mass is 9.98. The van der Waals surface area contributed by atoms with E-state index in [1.807, 2.05) is 62.4 Å². The topological polar surface area (TPSA) is 128 Å². The molecule has 4 aromatic rings.